The Morgan fingerprint density at radius 2 is 1.45 bits per heavy atom. The maximum absolute atomic E-state index is 12.1. The summed E-state index contributed by atoms with van der Waals surface area (Å²) in [6, 6.07) is 20.1. The Balaban J connectivity index is 1.24. The number of benzene rings is 2. The second-order valence-corrected chi connectivity index (χ2v) is 14.6. The highest BCUT2D eigenvalue weighted by Crippen LogP contribution is 2.68. The maximum atomic E-state index is 12.1. The van der Waals surface area contributed by atoms with E-state index in [4.69, 9.17) is 0 Å². The van der Waals surface area contributed by atoms with Gasteiger partial charge in [0.2, 0.25) is 0 Å². The zero-order valence-electron chi connectivity index (χ0n) is 24.6. The van der Waals surface area contributed by atoms with E-state index in [0.717, 1.165) is 62.5 Å². The first kappa shape index (κ1) is 28.4. The van der Waals surface area contributed by atoms with Crippen LogP contribution in [0.15, 0.2) is 60.7 Å². The van der Waals surface area contributed by atoms with E-state index in [1.54, 1.807) is 0 Å². The van der Waals surface area contributed by atoms with E-state index in [2.05, 4.69) is 20.8 Å². The number of hydrogen-bond donors (Lipinski definition) is 4. The Kier molecular flexibility index (Phi) is 7.47. The summed E-state index contributed by atoms with van der Waals surface area (Å²) in [7, 11) is 0. The van der Waals surface area contributed by atoms with Crippen LogP contribution in [0.1, 0.15) is 89.7 Å². The summed E-state index contributed by atoms with van der Waals surface area (Å²) in [5.41, 5.74) is 0.666. The predicted octanol–water partition coefficient (Wildman–Crippen LogP) is 6.30. The first-order valence-electron chi connectivity index (χ1n) is 16.0. The average molecular weight is 547 g/mol. The van der Waals surface area contributed by atoms with Crippen LogP contribution in [0, 0.1) is 46.3 Å². The van der Waals surface area contributed by atoms with Gasteiger partial charge in [-0.3, -0.25) is 0 Å². The highest BCUT2D eigenvalue weighted by Gasteiger charge is 2.65. The van der Waals surface area contributed by atoms with Gasteiger partial charge in [-0.2, -0.15) is 0 Å². The molecule has 2 aromatic carbocycles. The van der Waals surface area contributed by atoms with Crippen molar-refractivity contribution >= 4 is 0 Å². The summed E-state index contributed by atoms with van der Waals surface area (Å²) < 4.78 is 0. The molecular formula is C36H50O4. The fourth-order valence-electron chi connectivity index (χ4n) is 10.7. The van der Waals surface area contributed by atoms with Crippen molar-refractivity contribution in [3.8, 4) is 0 Å². The minimum absolute atomic E-state index is 0.0942. The molecule has 4 fully saturated rings. The predicted molar refractivity (Wildman–Crippen MR) is 158 cm³/mol. The molecule has 4 saturated carbocycles. The Labute approximate surface area is 240 Å². The van der Waals surface area contributed by atoms with Gasteiger partial charge in [0.25, 0.3) is 0 Å². The van der Waals surface area contributed by atoms with E-state index in [0.29, 0.717) is 36.0 Å². The molecule has 4 heteroatoms. The van der Waals surface area contributed by atoms with E-state index in [1.807, 2.05) is 60.7 Å². The van der Waals surface area contributed by atoms with Crippen molar-refractivity contribution in [2.75, 3.05) is 0 Å². The van der Waals surface area contributed by atoms with Gasteiger partial charge in [-0.1, -0.05) is 81.4 Å². The topological polar surface area (TPSA) is 80.9 Å². The van der Waals surface area contributed by atoms with Crippen LogP contribution in [0.4, 0.5) is 0 Å². The lowest BCUT2D eigenvalue weighted by Crippen LogP contribution is -2.62. The van der Waals surface area contributed by atoms with E-state index >= 15 is 0 Å². The lowest BCUT2D eigenvalue weighted by atomic mass is 9.43. The molecule has 40 heavy (non-hydrogen) atoms. The van der Waals surface area contributed by atoms with Gasteiger partial charge >= 0.3 is 0 Å². The van der Waals surface area contributed by atoms with Gasteiger partial charge in [-0.15, -0.1) is 0 Å². The molecule has 0 saturated heterocycles. The Bertz CT molecular complexity index is 1110. The zero-order valence-corrected chi connectivity index (χ0v) is 24.6. The van der Waals surface area contributed by atoms with Crippen molar-refractivity contribution in [3.63, 3.8) is 0 Å². The Morgan fingerprint density at radius 3 is 2.08 bits per heavy atom. The molecule has 4 nitrogen and oxygen atoms in total. The quantitative estimate of drug-likeness (QED) is 0.343. The number of hydrogen-bond acceptors (Lipinski definition) is 4. The standard InChI is InChI=1S/C36H50O4/c1-23(16-19-36(40,24-10-6-4-7-11-24)25-12-8-5-9-13-25)28-14-15-29-33-30(22-32(39)35(28,29)3)34(2)18-17-27(37)20-26(34)21-31(33)38/h4-13,23,26-33,37-40H,14-22H2,1-3H3. The third-order valence-electron chi connectivity index (χ3n) is 13.0. The van der Waals surface area contributed by atoms with Crippen LogP contribution in [0.25, 0.3) is 0 Å². The Morgan fingerprint density at radius 1 is 0.825 bits per heavy atom. The SMILES string of the molecule is CC(CCC(O)(c1ccccc1)c1ccccc1)C1CCC2C3C(O)CC4CC(O)CCC4(C)C3CC(O)C12C. The van der Waals surface area contributed by atoms with Crippen molar-refractivity contribution < 1.29 is 20.4 Å². The summed E-state index contributed by atoms with van der Waals surface area (Å²) in [5, 5.41) is 46.1. The molecule has 11 unspecified atom stereocenters. The minimum atomic E-state index is -1.05. The second-order valence-electron chi connectivity index (χ2n) is 14.6. The molecule has 218 valence electrons. The summed E-state index contributed by atoms with van der Waals surface area (Å²) in [4.78, 5) is 0. The number of fused-ring (bicyclic) bond motifs is 5. The van der Waals surface area contributed by atoms with E-state index in [1.165, 1.54) is 0 Å². The van der Waals surface area contributed by atoms with Gasteiger partial charge in [-0.25, -0.2) is 0 Å². The maximum Gasteiger partial charge on any atom is 0.115 e. The Hall–Kier alpha value is -1.72. The van der Waals surface area contributed by atoms with Crippen LogP contribution in [-0.4, -0.2) is 38.7 Å². The number of aliphatic hydroxyl groups excluding tert-OH is 3. The normalized spacial score (nSPS) is 42.0. The van der Waals surface area contributed by atoms with Crippen LogP contribution in [0.5, 0.6) is 0 Å². The molecule has 0 amide bonds. The number of rotatable bonds is 6. The molecule has 4 aliphatic rings. The minimum Gasteiger partial charge on any atom is -0.393 e. The molecule has 0 spiro atoms. The van der Waals surface area contributed by atoms with Crippen molar-refractivity contribution in [3.05, 3.63) is 71.8 Å². The molecule has 0 aromatic heterocycles. The van der Waals surface area contributed by atoms with Gasteiger partial charge in [0.15, 0.2) is 0 Å². The summed E-state index contributed by atoms with van der Waals surface area (Å²) >= 11 is 0. The molecule has 0 aliphatic heterocycles. The molecule has 4 aliphatic carbocycles. The highest BCUT2D eigenvalue weighted by atomic mass is 16.3. The number of aliphatic hydroxyl groups is 4. The van der Waals surface area contributed by atoms with Crippen LogP contribution < -0.4 is 0 Å². The summed E-state index contributed by atoms with van der Waals surface area (Å²) in [5.74, 6) is 1.90. The van der Waals surface area contributed by atoms with E-state index < -0.39 is 5.60 Å². The summed E-state index contributed by atoms with van der Waals surface area (Å²) in [6.07, 6.45) is 6.85. The molecular weight excluding hydrogens is 496 g/mol. The van der Waals surface area contributed by atoms with Crippen molar-refractivity contribution in [2.45, 2.75) is 102 Å². The van der Waals surface area contributed by atoms with Crippen LogP contribution >= 0.6 is 0 Å². The first-order valence-corrected chi connectivity index (χ1v) is 16.0. The lowest BCUT2D eigenvalue weighted by Gasteiger charge is -2.63. The van der Waals surface area contributed by atoms with Gasteiger partial charge in [-0.05, 0) is 115 Å². The molecule has 0 heterocycles. The first-order chi connectivity index (χ1) is 19.1. The van der Waals surface area contributed by atoms with Crippen molar-refractivity contribution in [1.82, 2.24) is 0 Å². The molecule has 0 bridgehead atoms. The van der Waals surface area contributed by atoms with Gasteiger partial charge in [0, 0.05) is 0 Å². The molecule has 6 rings (SSSR count). The third kappa shape index (κ3) is 4.40. The molecule has 4 N–H and O–H groups in total. The summed E-state index contributed by atoms with van der Waals surface area (Å²) in [6.45, 7) is 7.04. The molecule has 0 radical (unpaired) electrons. The van der Waals surface area contributed by atoms with Gasteiger partial charge in [0.05, 0.1) is 18.3 Å². The molecule has 2 aromatic rings. The second kappa shape index (κ2) is 10.5. The highest BCUT2D eigenvalue weighted by molar-refractivity contribution is 5.35. The van der Waals surface area contributed by atoms with Gasteiger partial charge < -0.3 is 20.4 Å². The van der Waals surface area contributed by atoms with E-state index in [-0.39, 0.29) is 35.1 Å². The molecule has 11 atom stereocenters. The van der Waals surface area contributed by atoms with Crippen molar-refractivity contribution in [2.24, 2.45) is 46.3 Å². The van der Waals surface area contributed by atoms with Crippen LogP contribution in [-0.2, 0) is 5.60 Å². The van der Waals surface area contributed by atoms with Crippen LogP contribution in [0.3, 0.4) is 0 Å². The zero-order chi connectivity index (χ0) is 28.3. The monoisotopic (exact) mass is 546 g/mol. The van der Waals surface area contributed by atoms with Crippen LogP contribution in [0.2, 0.25) is 0 Å². The smallest absolute Gasteiger partial charge is 0.115 e. The fraction of sp³-hybridized carbons (Fsp3) is 0.667. The average Bonchev–Trinajstić information content (AvgIpc) is 3.32. The largest absolute Gasteiger partial charge is 0.393 e. The van der Waals surface area contributed by atoms with E-state index in [9.17, 15) is 20.4 Å². The lowest BCUT2D eigenvalue weighted by molar-refractivity contribution is -0.207. The van der Waals surface area contributed by atoms with Crippen molar-refractivity contribution in [1.29, 1.82) is 0 Å². The third-order valence-corrected chi connectivity index (χ3v) is 13.0. The van der Waals surface area contributed by atoms with Gasteiger partial charge in [0.1, 0.15) is 5.60 Å². The fourth-order valence-corrected chi connectivity index (χ4v) is 10.7.